The monoisotopic (exact) mass is 251 g/mol. The first kappa shape index (κ1) is 14.1. The topological polar surface area (TPSA) is 98.3 Å². The van der Waals surface area contributed by atoms with Gasteiger partial charge in [0.1, 0.15) is 0 Å². The molecule has 6 nitrogen and oxygen atoms in total. The highest BCUT2D eigenvalue weighted by Crippen LogP contribution is 2.11. The summed E-state index contributed by atoms with van der Waals surface area (Å²) in [7, 11) is 0. The second-order valence-corrected chi connectivity index (χ2v) is 4.41. The van der Waals surface area contributed by atoms with E-state index in [1.165, 1.54) is 12.1 Å². The number of hydrogen-bond acceptors (Lipinski definition) is 4. The van der Waals surface area contributed by atoms with Gasteiger partial charge < -0.3 is 11.1 Å². The summed E-state index contributed by atoms with van der Waals surface area (Å²) in [6, 6.07) is 5.50. The van der Waals surface area contributed by atoms with E-state index in [1.54, 1.807) is 12.1 Å². The summed E-state index contributed by atoms with van der Waals surface area (Å²) in [5, 5.41) is 13.2. The predicted octanol–water partition coefficient (Wildman–Crippen LogP) is 1.19. The van der Waals surface area contributed by atoms with E-state index in [4.69, 9.17) is 5.73 Å². The van der Waals surface area contributed by atoms with Gasteiger partial charge in [-0.2, -0.15) is 0 Å². The van der Waals surface area contributed by atoms with E-state index in [1.807, 2.05) is 13.8 Å². The minimum absolute atomic E-state index is 0.0314. The zero-order valence-electron chi connectivity index (χ0n) is 10.4. The Morgan fingerprint density at radius 3 is 2.39 bits per heavy atom. The molecule has 1 amide bonds. The summed E-state index contributed by atoms with van der Waals surface area (Å²) < 4.78 is 0. The van der Waals surface area contributed by atoms with Crippen LogP contribution in [-0.4, -0.2) is 16.9 Å². The fraction of sp³-hybridized carbons (Fsp3) is 0.417. The summed E-state index contributed by atoms with van der Waals surface area (Å²) >= 11 is 0. The van der Waals surface area contributed by atoms with Gasteiger partial charge in [-0.05, 0) is 11.5 Å². The van der Waals surface area contributed by atoms with Crippen LogP contribution in [0.1, 0.15) is 19.4 Å². The standard InChI is InChI=1S/C12H17N3O3/c1-8(2)11(13)12(16)14-7-9-3-5-10(6-4-9)15(17)18/h3-6,8,11H,7,13H2,1-2H3,(H,14,16)/t11-/m0/s1. The Bertz CT molecular complexity index is 429. The van der Waals surface area contributed by atoms with E-state index in [-0.39, 0.29) is 17.5 Å². The number of nitrogens with one attached hydrogen (secondary N) is 1. The molecule has 6 heteroatoms. The highest BCUT2D eigenvalue weighted by molar-refractivity contribution is 5.81. The first-order valence-corrected chi connectivity index (χ1v) is 5.68. The van der Waals surface area contributed by atoms with Crippen LogP contribution in [0.5, 0.6) is 0 Å². The van der Waals surface area contributed by atoms with Crippen molar-refractivity contribution in [3.63, 3.8) is 0 Å². The molecule has 1 atom stereocenters. The van der Waals surface area contributed by atoms with E-state index in [0.717, 1.165) is 5.56 Å². The molecular formula is C12H17N3O3. The molecule has 0 fully saturated rings. The van der Waals surface area contributed by atoms with E-state index in [2.05, 4.69) is 5.32 Å². The first-order valence-electron chi connectivity index (χ1n) is 5.68. The predicted molar refractivity (Wildman–Crippen MR) is 67.8 cm³/mol. The Kier molecular flexibility index (Phi) is 4.79. The number of carbonyl (C=O) groups excluding carboxylic acids is 1. The van der Waals surface area contributed by atoms with E-state index < -0.39 is 11.0 Å². The highest BCUT2D eigenvalue weighted by Gasteiger charge is 2.16. The lowest BCUT2D eigenvalue weighted by molar-refractivity contribution is -0.384. The van der Waals surface area contributed by atoms with Crippen LogP contribution in [0, 0.1) is 16.0 Å². The molecular weight excluding hydrogens is 234 g/mol. The van der Waals surface area contributed by atoms with Crippen LogP contribution in [0.2, 0.25) is 0 Å². The van der Waals surface area contributed by atoms with Crippen molar-refractivity contribution < 1.29 is 9.72 Å². The number of amides is 1. The lowest BCUT2D eigenvalue weighted by Gasteiger charge is -2.15. The molecule has 0 bridgehead atoms. The van der Waals surface area contributed by atoms with Crippen LogP contribution in [0.4, 0.5) is 5.69 Å². The van der Waals surface area contributed by atoms with Crippen molar-refractivity contribution in [2.24, 2.45) is 11.7 Å². The Morgan fingerprint density at radius 1 is 1.39 bits per heavy atom. The largest absolute Gasteiger partial charge is 0.351 e. The van der Waals surface area contributed by atoms with Gasteiger partial charge in [-0.25, -0.2) is 0 Å². The molecule has 0 saturated heterocycles. The average Bonchev–Trinajstić information content (AvgIpc) is 2.35. The molecule has 0 radical (unpaired) electrons. The summed E-state index contributed by atoms with van der Waals surface area (Å²) in [6.45, 7) is 4.06. The Hall–Kier alpha value is -1.95. The second kappa shape index (κ2) is 6.11. The van der Waals surface area contributed by atoms with E-state index >= 15 is 0 Å². The Morgan fingerprint density at radius 2 is 1.94 bits per heavy atom. The molecule has 98 valence electrons. The number of nitro groups is 1. The van der Waals surface area contributed by atoms with Crippen molar-refractivity contribution in [3.8, 4) is 0 Å². The molecule has 1 rings (SSSR count). The Balaban J connectivity index is 2.54. The molecule has 0 aliphatic rings. The van der Waals surface area contributed by atoms with Crippen molar-refractivity contribution in [2.75, 3.05) is 0 Å². The van der Waals surface area contributed by atoms with Crippen LogP contribution in [0.25, 0.3) is 0 Å². The molecule has 1 aromatic carbocycles. The number of hydrogen-bond donors (Lipinski definition) is 2. The fourth-order valence-corrected chi connectivity index (χ4v) is 1.35. The van der Waals surface area contributed by atoms with Crippen LogP contribution in [0.15, 0.2) is 24.3 Å². The van der Waals surface area contributed by atoms with Crippen LogP contribution in [0.3, 0.4) is 0 Å². The van der Waals surface area contributed by atoms with Crippen molar-refractivity contribution in [1.82, 2.24) is 5.32 Å². The smallest absolute Gasteiger partial charge is 0.269 e. The van der Waals surface area contributed by atoms with Gasteiger partial charge in [-0.1, -0.05) is 26.0 Å². The molecule has 18 heavy (non-hydrogen) atoms. The third-order valence-corrected chi connectivity index (χ3v) is 2.63. The van der Waals surface area contributed by atoms with Gasteiger partial charge in [0.25, 0.3) is 5.69 Å². The summed E-state index contributed by atoms with van der Waals surface area (Å²) in [5.74, 6) is -0.148. The lowest BCUT2D eigenvalue weighted by atomic mass is 10.0. The number of nitrogens with zero attached hydrogens (tertiary/aromatic N) is 1. The zero-order valence-corrected chi connectivity index (χ0v) is 10.4. The van der Waals surface area contributed by atoms with Gasteiger partial charge in [0.2, 0.25) is 5.91 Å². The molecule has 0 heterocycles. The molecule has 0 aliphatic carbocycles. The molecule has 1 aromatic rings. The van der Waals surface area contributed by atoms with Crippen molar-refractivity contribution in [3.05, 3.63) is 39.9 Å². The number of carbonyl (C=O) groups is 1. The highest BCUT2D eigenvalue weighted by atomic mass is 16.6. The van der Waals surface area contributed by atoms with E-state index in [0.29, 0.717) is 6.54 Å². The second-order valence-electron chi connectivity index (χ2n) is 4.41. The molecule has 0 aromatic heterocycles. The zero-order chi connectivity index (χ0) is 13.7. The quantitative estimate of drug-likeness (QED) is 0.606. The first-order chi connectivity index (χ1) is 8.41. The maximum absolute atomic E-state index is 11.6. The number of rotatable bonds is 5. The fourth-order valence-electron chi connectivity index (χ4n) is 1.35. The van der Waals surface area contributed by atoms with E-state index in [9.17, 15) is 14.9 Å². The summed E-state index contributed by atoms with van der Waals surface area (Å²) in [4.78, 5) is 21.6. The molecule has 0 unspecified atom stereocenters. The van der Waals surface area contributed by atoms with Gasteiger partial charge >= 0.3 is 0 Å². The summed E-state index contributed by atoms with van der Waals surface area (Å²) in [6.07, 6.45) is 0. The molecule has 3 N–H and O–H groups in total. The molecule has 0 spiro atoms. The van der Waals surface area contributed by atoms with Gasteiger partial charge in [0.05, 0.1) is 11.0 Å². The number of benzene rings is 1. The van der Waals surface area contributed by atoms with Gasteiger partial charge in [0, 0.05) is 18.7 Å². The van der Waals surface area contributed by atoms with Crippen molar-refractivity contribution in [2.45, 2.75) is 26.4 Å². The van der Waals surface area contributed by atoms with Crippen molar-refractivity contribution >= 4 is 11.6 Å². The van der Waals surface area contributed by atoms with Crippen LogP contribution < -0.4 is 11.1 Å². The summed E-state index contributed by atoms with van der Waals surface area (Å²) in [5.41, 5.74) is 6.51. The minimum Gasteiger partial charge on any atom is -0.351 e. The van der Waals surface area contributed by atoms with Gasteiger partial charge in [-0.3, -0.25) is 14.9 Å². The van der Waals surface area contributed by atoms with Crippen molar-refractivity contribution in [1.29, 1.82) is 0 Å². The average molecular weight is 251 g/mol. The molecule has 0 aliphatic heterocycles. The van der Waals surface area contributed by atoms with Crippen LogP contribution >= 0.6 is 0 Å². The third-order valence-electron chi connectivity index (χ3n) is 2.63. The van der Waals surface area contributed by atoms with Crippen LogP contribution in [-0.2, 0) is 11.3 Å². The lowest BCUT2D eigenvalue weighted by Crippen LogP contribution is -2.43. The Labute approximate surface area is 105 Å². The maximum atomic E-state index is 11.6. The third kappa shape index (κ3) is 3.81. The molecule has 0 saturated carbocycles. The number of non-ortho nitro benzene ring substituents is 1. The number of nitrogens with two attached hydrogens (primary N) is 1. The minimum atomic E-state index is -0.539. The SMILES string of the molecule is CC(C)[C@H](N)C(=O)NCc1ccc([N+](=O)[O-])cc1. The van der Waals surface area contributed by atoms with Gasteiger partial charge in [0.15, 0.2) is 0 Å². The maximum Gasteiger partial charge on any atom is 0.269 e. The van der Waals surface area contributed by atoms with Gasteiger partial charge in [-0.15, -0.1) is 0 Å². The normalized spacial score (nSPS) is 12.2. The number of nitro benzene ring substituents is 1.